The fourth-order valence-corrected chi connectivity index (χ4v) is 3.11. The molecule has 1 aliphatic carbocycles. The van der Waals surface area contributed by atoms with E-state index in [0.717, 1.165) is 31.6 Å². The van der Waals surface area contributed by atoms with Crippen LogP contribution in [0.25, 0.3) is 0 Å². The number of anilines is 1. The van der Waals surface area contributed by atoms with Crippen molar-refractivity contribution in [3.05, 3.63) is 28.8 Å². The van der Waals surface area contributed by atoms with E-state index >= 15 is 0 Å². The Balaban J connectivity index is 1.74. The molecule has 1 saturated carbocycles. The van der Waals surface area contributed by atoms with Crippen LogP contribution in [-0.4, -0.2) is 24.5 Å². The smallest absolute Gasteiger partial charge is 0.240 e. The molecule has 0 bridgehead atoms. The maximum Gasteiger partial charge on any atom is 0.240 e. The van der Waals surface area contributed by atoms with Crippen molar-refractivity contribution in [2.24, 2.45) is 5.73 Å². The number of rotatable bonds is 5. The standard InChI is InChI=1S/C15H20ClN3O/c16-12-8-10(9-18-11-4-5-11)3-6-13(12)19-7-1-2-14(19)15(17)20/h3,6,8,11,14,18H,1-2,4-5,7,9H2,(H2,17,20). The van der Waals surface area contributed by atoms with E-state index < -0.39 is 0 Å². The molecule has 3 rings (SSSR count). The second kappa shape index (κ2) is 5.62. The van der Waals surface area contributed by atoms with Gasteiger partial charge < -0.3 is 16.0 Å². The van der Waals surface area contributed by atoms with E-state index in [1.54, 1.807) is 0 Å². The van der Waals surface area contributed by atoms with Gasteiger partial charge >= 0.3 is 0 Å². The molecule has 1 aromatic carbocycles. The zero-order valence-electron chi connectivity index (χ0n) is 11.4. The minimum Gasteiger partial charge on any atom is -0.368 e. The van der Waals surface area contributed by atoms with Crippen LogP contribution < -0.4 is 16.0 Å². The zero-order valence-corrected chi connectivity index (χ0v) is 12.2. The third-order valence-electron chi connectivity index (χ3n) is 4.07. The van der Waals surface area contributed by atoms with Crippen LogP contribution in [0.15, 0.2) is 18.2 Å². The van der Waals surface area contributed by atoms with Crippen LogP contribution in [0, 0.1) is 0 Å². The first-order chi connectivity index (χ1) is 9.65. The Labute approximate surface area is 124 Å². The average molecular weight is 294 g/mol. The summed E-state index contributed by atoms with van der Waals surface area (Å²) in [6.45, 7) is 1.69. The molecule has 5 heteroatoms. The molecule has 2 aliphatic rings. The van der Waals surface area contributed by atoms with Gasteiger partial charge in [0, 0.05) is 19.1 Å². The molecule has 1 aliphatic heterocycles. The molecule has 1 unspecified atom stereocenters. The van der Waals surface area contributed by atoms with Gasteiger partial charge in [0.2, 0.25) is 5.91 Å². The lowest BCUT2D eigenvalue weighted by atomic mass is 10.1. The van der Waals surface area contributed by atoms with Crippen LogP contribution >= 0.6 is 11.6 Å². The molecule has 1 saturated heterocycles. The van der Waals surface area contributed by atoms with E-state index in [0.29, 0.717) is 11.1 Å². The third-order valence-corrected chi connectivity index (χ3v) is 4.38. The molecule has 3 N–H and O–H groups in total. The topological polar surface area (TPSA) is 58.4 Å². The Hall–Kier alpha value is -1.26. The minimum absolute atomic E-state index is 0.220. The van der Waals surface area contributed by atoms with Crippen LogP contribution in [0.1, 0.15) is 31.2 Å². The number of primary amides is 1. The van der Waals surface area contributed by atoms with Crippen LogP contribution in [0.5, 0.6) is 0 Å². The average Bonchev–Trinajstić information content (AvgIpc) is 3.11. The third kappa shape index (κ3) is 2.91. The number of carbonyl (C=O) groups excluding carboxylic acids is 1. The Kier molecular flexibility index (Phi) is 3.85. The summed E-state index contributed by atoms with van der Waals surface area (Å²) in [6, 6.07) is 6.54. The van der Waals surface area contributed by atoms with Crippen molar-refractivity contribution in [1.82, 2.24) is 5.32 Å². The molecule has 0 aromatic heterocycles. The van der Waals surface area contributed by atoms with Gasteiger partial charge in [0.15, 0.2) is 0 Å². The zero-order chi connectivity index (χ0) is 14.1. The summed E-state index contributed by atoms with van der Waals surface area (Å²) in [6.07, 6.45) is 4.35. The summed E-state index contributed by atoms with van der Waals surface area (Å²) < 4.78 is 0. The van der Waals surface area contributed by atoms with Crippen LogP contribution in [0.2, 0.25) is 5.02 Å². The summed E-state index contributed by atoms with van der Waals surface area (Å²) in [4.78, 5) is 13.5. The van der Waals surface area contributed by atoms with Crippen molar-refractivity contribution in [2.45, 2.75) is 44.3 Å². The quantitative estimate of drug-likeness (QED) is 0.873. The molecule has 2 fully saturated rings. The summed E-state index contributed by atoms with van der Waals surface area (Å²) in [5.41, 5.74) is 7.56. The number of nitrogens with two attached hydrogens (primary N) is 1. The molecule has 1 amide bonds. The molecule has 20 heavy (non-hydrogen) atoms. The first-order valence-corrected chi connectivity index (χ1v) is 7.61. The van der Waals surface area contributed by atoms with Crippen molar-refractivity contribution in [3.63, 3.8) is 0 Å². The van der Waals surface area contributed by atoms with Crippen LogP contribution in [-0.2, 0) is 11.3 Å². The van der Waals surface area contributed by atoms with Gasteiger partial charge in [0.1, 0.15) is 6.04 Å². The van der Waals surface area contributed by atoms with E-state index in [1.165, 1.54) is 18.4 Å². The summed E-state index contributed by atoms with van der Waals surface area (Å²) in [5.74, 6) is -0.266. The highest BCUT2D eigenvalue weighted by molar-refractivity contribution is 6.33. The Morgan fingerprint density at radius 1 is 1.40 bits per heavy atom. The van der Waals surface area contributed by atoms with Gasteiger partial charge in [0.25, 0.3) is 0 Å². The van der Waals surface area contributed by atoms with E-state index in [1.807, 2.05) is 17.0 Å². The molecule has 0 spiro atoms. The number of amides is 1. The maximum atomic E-state index is 11.5. The fourth-order valence-electron chi connectivity index (χ4n) is 2.79. The second-order valence-corrected chi connectivity index (χ2v) is 6.10. The SMILES string of the molecule is NC(=O)C1CCCN1c1ccc(CNC2CC2)cc1Cl. The number of nitrogens with zero attached hydrogens (tertiary/aromatic N) is 1. The summed E-state index contributed by atoms with van der Waals surface area (Å²) >= 11 is 6.39. The first kappa shape index (κ1) is 13.7. The van der Waals surface area contributed by atoms with Crippen molar-refractivity contribution in [1.29, 1.82) is 0 Å². The number of hydrogen-bond acceptors (Lipinski definition) is 3. The van der Waals surface area contributed by atoms with Crippen LogP contribution in [0.4, 0.5) is 5.69 Å². The lowest BCUT2D eigenvalue weighted by Gasteiger charge is -2.25. The fraction of sp³-hybridized carbons (Fsp3) is 0.533. The van der Waals surface area contributed by atoms with Crippen LogP contribution in [0.3, 0.4) is 0 Å². The summed E-state index contributed by atoms with van der Waals surface area (Å²) in [5, 5.41) is 4.17. The number of halogens is 1. The largest absolute Gasteiger partial charge is 0.368 e. The van der Waals surface area contributed by atoms with E-state index in [-0.39, 0.29) is 11.9 Å². The Morgan fingerprint density at radius 2 is 2.20 bits per heavy atom. The highest BCUT2D eigenvalue weighted by atomic mass is 35.5. The Morgan fingerprint density at radius 3 is 2.85 bits per heavy atom. The normalized spacial score (nSPS) is 22.2. The monoisotopic (exact) mass is 293 g/mol. The number of benzene rings is 1. The van der Waals surface area contributed by atoms with Crippen molar-refractivity contribution in [2.75, 3.05) is 11.4 Å². The van der Waals surface area contributed by atoms with Crippen molar-refractivity contribution >= 4 is 23.2 Å². The predicted molar refractivity (Wildman–Crippen MR) is 80.9 cm³/mol. The molecule has 1 heterocycles. The molecule has 0 radical (unpaired) electrons. The first-order valence-electron chi connectivity index (χ1n) is 7.23. The van der Waals surface area contributed by atoms with E-state index in [2.05, 4.69) is 11.4 Å². The van der Waals surface area contributed by atoms with E-state index in [9.17, 15) is 4.79 Å². The van der Waals surface area contributed by atoms with Gasteiger partial charge in [-0.05, 0) is 43.4 Å². The summed E-state index contributed by atoms with van der Waals surface area (Å²) in [7, 11) is 0. The van der Waals surface area contributed by atoms with Gasteiger partial charge in [-0.1, -0.05) is 17.7 Å². The lowest BCUT2D eigenvalue weighted by molar-refractivity contribution is -0.119. The maximum absolute atomic E-state index is 11.5. The Bertz CT molecular complexity index is 516. The highest BCUT2D eigenvalue weighted by Crippen LogP contribution is 2.32. The molecule has 4 nitrogen and oxygen atoms in total. The number of nitrogens with one attached hydrogen (secondary N) is 1. The number of hydrogen-bond donors (Lipinski definition) is 2. The van der Waals surface area contributed by atoms with Crippen molar-refractivity contribution < 1.29 is 4.79 Å². The number of carbonyl (C=O) groups is 1. The molecular formula is C15H20ClN3O. The lowest BCUT2D eigenvalue weighted by Crippen LogP contribution is -2.40. The predicted octanol–water partition coefficient (Wildman–Crippen LogP) is 2.05. The molecular weight excluding hydrogens is 274 g/mol. The molecule has 1 atom stereocenters. The van der Waals surface area contributed by atoms with Gasteiger partial charge in [-0.3, -0.25) is 4.79 Å². The molecule has 108 valence electrons. The second-order valence-electron chi connectivity index (χ2n) is 5.69. The van der Waals surface area contributed by atoms with Crippen molar-refractivity contribution in [3.8, 4) is 0 Å². The van der Waals surface area contributed by atoms with Gasteiger partial charge in [-0.15, -0.1) is 0 Å². The minimum atomic E-state index is -0.266. The van der Waals surface area contributed by atoms with Gasteiger partial charge in [-0.25, -0.2) is 0 Å². The highest BCUT2D eigenvalue weighted by Gasteiger charge is 2.30. The van der Waals surface area contributed by atoms with Gasteiger partial charge in [-0.2, -0.15) is 0 Å². The van der Waals surface area contributed by atoms with E-state index in [4.69, 9.17) is 17.3 Å². The molecule has 1 aromatic rings. The van der Waals surface area contributed by atoms with Gasteiger partial charge in [0.05, 0.1) is 10.7 Å².